The molecular weight excluding hydrogens is 411 g/mol. The van der Waals surface area contributed by atoms with E-state index in [1.165, 1.54) is 37.4 Å². The fourth-order valence-corrected chi connectivity index (χ4v) is 5.06. The van der Waals surface area contributed by atoms with Crippen molar-refractivity contribution >= 4 is 17.3 Å². The van der Waals surface area contributed by atoms with Crippen LogP contribution in [0.5, 0.6) is 5.75 Å². The third kappa shape index (κ3) is 3.95. The first-order valence-corrected chi connectivity index (χ1v) is 11.3. The molecule has 32 heavy (non-hydrogen) atoms. The van der Waals surface area contributed by atoms with Crippen LogP contribution < -0.4 is 10.2 Å². The van der Waals surface area contributed by atoms with Gasteiger partial charge in [-0.05, 0) is 62.1 Å². The van der Waals surface area contributed by atoms with Crippen LogP contribution in [0.4, 0.5) is 15.8 Å². The molecule has 0 radical (unpaired) electrons. The molecule has 0 unspecified atom stereocenters. The fourth-order valence-electron chi connectivity index (χ4n) is 5.06. The van der Waals surface area contributed by atoms with Gasteiger partial charge in [0.1, 0.15) is 0 Å². The van der Waals surface area contributed by atoms with Gasteiger partial charge < -0.3 is 24.8 Å². The third-order valence-electron chi connectivity index (χ3n) is 6.74. The number of hydrogen-bond donors (Lipinski definition) is 2. The summed E-state index contributed by atoms with van der Waals surface area (Å²) in [5.41, 5.74) is 1.85. The predicted molar refractivity (Wildman–Crippen MR) is 119 cm³/mol. The van der Waals surface area contributed by atoms with Crippen molar-refractivity contribution in [1.82, 2.24) is 0 Å². The highest BCUT2D eigenvalue weighted by molar-refractivity contribution is 6.04. The summed E-state index contributed by atoms with van der Waals surface area (Å²) < 4.78 is 25.7. The molecule has 7 heteroatoms. The second kappa shape index (κ2) is 8.05. The SMILES string of the molecule is CC1(C)COC(c2cc(C(=O)Nc3ccc(N4[C@H]5CC[C@@H]4CC5)cc3)cc(F)c2O)OC1. The molecule has 2 aromatic rings. The molecule has 0 atom stereocenters. The molecule has 2 bridgehead atoms. The molecule has 0 spiro atoms. The van der Waals surface area contributed by atoms with E-state index in [1.54, 1.807) is 0 Å². The summed E-state index contributed by atoms with van der Waals surface area (Å²) in [6, 6.07) is 11.5. The van der Waals surface area contributed by atoms with Gasteiger partial charge in [-0.2, -0.15) is 0 Å². The number of hydrogen-bond acceptors (Lipinski definition) is 5. The Balaban J connectivity index is 1.31. The van der Waals surface area contributed by atoms with Gasteiger partial charge in [0.05, 0.1) is 18.8 Å². The monoisotopic (exact) mass is 440 g/mol. The van der Waals surface area contributed by atoms with Gasteiger partial charge in [-0.25, -0.2) is 4.39 Å². The van der Waals surface area contributed by atoms with Gasteiger partial charge in [0, 0.05) is 34.4 Å². The molecule has 3 fully saturated rings. The standard InChI is InChI=1S/C25H29FN2O4/c1-25(2)13-31-24(32-14-25)20-11-15(12-21(26)22(20)29)23(30)27-16-3-5-17(6-4-16)28-18-7-8-19(28)10-9-18/h3-6,11-12,18-19,24,29H,7-10,13-14H2,1-2H3,(H,27,30)/t18-,19+. The molecule has 3 heterocycles. The molecule has 170 valence electrons. The largest absolute Gasteiger partial charge is 0.504 e. The van der Waals surface area contributed by atoms with Crippen molar-refractivity contribution in [2.45, 2.75) is 57.9 Å². The Hall–Kier alpha value is -2.64. The van der Waals surface area contributed by atoms with E-state index in [0.29, 0.717) is 31.0 Å². The smallest absolute Gasteiger partial charge is 0.255 e. The molecule has 0 saturated carbocycles. The van der Waals surface area contributed by atoms with Crippen LogP contribution in [0, 0.1) is 11.2 Å². The van der Waals surface area contributed by atoms with Crippen LogP contribution in [-0.4, -0.2) is 36.3 Å². The highest BCUT2D eigenvalue weighted by Gasteiger charge is 2.39. The quantitative estimate of drug-likeness (QED) is 0.701. The molecule has 3 aliphatic heterocycles. The Morgan fingerprint density at radius 3 is 2.25 bits per heavy atom. The van der Waals surface area contributed by atoms with Crippen LogP contribution in [0.1, 0.15) is 61.7 Å². The van der Waals surface area contributed by atoms with E-state index in [0.717, 1.165) is 6.07 Å². The van der Waals surface area contributed by atoms with E-state index in [-0.39, 0.29) is 16.5 Å². The van der Waals surface area contributed by atoms with Gasteiger partial charge in [0.2, 0.25) is 0 Å². The van der Waals surface area contributed by atoms with E-state index in [9.17, 15) is 14.3 Å². The van der Waals surface area contributed by atoms with Crippen LogP contribution in [-0.2, 0) is 9.47 Å². The molecule has 0 aromatic heterocycles. The lowest BCUT2D eigenvalue weighted by molar-refractivity contribution is -0.226. The molecule has 0 aliphatic carbocycles. The number of nitrogens with one attached hydrogen (secondary N) is 1. The number of aromatic hydroxyl groups is 1. The number of amides is 1. The van der Waals surface area contributed by atoms with Gasteiger partial charge >= 0.3 is 0 Å². The molecule has 2 N–H and O–H groups in total. The van der Waals surface area contributed by atoms with E-state index < -0.39 is 23.8 Å². The summed E-state index contributed by atoms with van der Waals surface area (Å²) in [6.45, 7) is 4.79. The third-order valence-corrected chi connectivity index (χ3v) is 6.74. The van der Waals surface area contributed by atoms with Crippen LogP contribution in [0.2, 0.25) is 0 Å². The average molecular weight is 441 g/mol. The summed E-state index contributed by atoms with van der Waals surface area (Å²) in [5.74, 6) is -1.91. The first kappa shape index (κ1) is 21.2. The number of benzene rings is 2. The summed E-state index contributed by atoms with van der Waals surface area (Å²) in [7, 11) is 0. The summed E-state index contributed by atoms with van der Waals surface area (Å²) >= 11 is 0. The lowest BCUT2D eigenvalue weighted by atomic mass is 9.95. The number of carbonyl (C=O) groups excluding carboxylic acids is 1. The topological polar surface area (TPSA) is 71.0 Å². The maximum Gasteiger partial charge on any atom is 0.255 e. The minimum absolute atomic E-state index is 0.0917. The molecule has 1 amide bonds. The fraction of sp³-hybridized carbons (Fsp3) is 0.480. The molecule has 3 aliphatic rings. The summed E-state index contributed by atoms with van der Waals surface area (Å²) in [6.07, 6.45) is 4.10. The first-order chi connectivity index (χ1) is 15.3. The Labute approximate surface area is 187 Å². The van der Waals surface area contributed by atoms with E-state index in [4.69, 9.17) is 9.47 Å². The summed E-state index contributed by atoms with van der Waals surface area (Å²) in [4.78, 5) is 15.3. The first-order valence-electron chi connectivity index (χ1n) is 11.3. The number of rotatable bonds is 4. The zero-order valence-electron chi connectivity index (χ0n) is 18.4. The molecule has 5 rings (SSSR count). The van der Waals surface area contributed by atoms with Gasteiger partial charge in [0.15, 0.2) is 17.9 Å². The number of phenols is 1. The van der Waals surface area contributed by atoms with Gasteiger partial charge in [-0.15, -0.1) is 0 Å². The van der Waals surface area contributed by atoms with Crippen LogP contribution in [0.25, 0.3) is 0 Å². The van der Waals surface area contributed by atoms with E-state index >= 15 is 0 Å². The van der Waals surface area contributed by atoms with Crippen LogP contribution in [0.3, 0.4) is 0 Å². The minimum Gasteiger partial charge on any atom is -0.504 e. The van der Waals surface area contributed by atoms with Crippen molar-refractivity contribution in [3.63, 3.8) is 0 Å². The maximum atomic E-state index is 14.4. The molecular formula is C25H29FN2O4. The second-order valence-corrected chi connectivity index (χ2v) is 9.88. The van der Waals surface area contributed by atoms with E-state index in [1.807, 2.05) is 38.1 Å². The number of nitrogens with zero attached hydrogens (tertiary/aromatic N) is 1. The van der Waals surface area contributed by atoms with Gasteiger partial charge in [-0.3, -0.25) is 4.79 Å². The highest BCUT2D eigenvalue weighted by Crippen LogP contribution is 2.41. The van der Waals surface area contributed by atoms with Crippen LogP contribution in [0.15, 0.2) is 36.4 Å². The van der Waals surface area contributed by atoms with Crippen molar-refractivity contribution in [1.29, 1.82) is 0 Å². The second-order valence-electron chi connectivity index (χ2n) is 9.88. The average Bonchev–Trinajstić information content (AvgIpc) is 3.37. The highest BCUT2D eigenvalue weighted by atomic mass is 19.1. The molecule has 3 saturated heterocycles. The number of fused-ring (bicyclic) bond motifs is 2. The van der Waals surface area contributed by atoms with Crippen LogP contribution >= 0.6 is 0 Å². The molecule has 2 aromatic carbocycles. The number of halogens is 1. The number of ether oxygens (including phenoxy) is 2. The van der Waals surface area contributed by atoms with Crippen molar-refractivity contribution in [2.24, 2.45) is 5.41 Å². The number of phenolic OH excluding ortho intramolecular Hbond substituents is 1. The van der Waals surface area contributed by atoms with Crippen molar-refractivity contribution in [2.75, 3.05) is 23.4 Å². The van der Waals surface area contributed by atoms with E-state index in [2.05, 4.69) is 10.2 Å². The number of carbonyl (C=O) groups is 1. The lowest BCUT2D eigenvalue weighted by Gasteiger charge is -2.34. The Morgan fingerprint density at radius 2 is 1.66 bits per heavy atom. The Morgan fingerprint density at radius 1 is 1.06 bits per heavy atom. The molecule has 6 nitrogen and oxygen atoms in total. The lowest BCUT2D eigenvalue weighted by Crippen LogP contribution is -2.34. The van der Waals surface area contributed by atoms with Crippen molar-refractivity contribution in [3.8, 4) is 5.75 Å². The van der Waals surface area contributed by atoms with Gasteiger partial charge in [-0.1, -0.05) is 13.8 Å². The Bertz CT molecular complexity index is 993. The normalized spacial score (nSPS) is 24.7. The minimum atomic E-state index is -0.916. The Kier molecular flexibility index (Phi) is 5.34. The van der Waals surface area contributed by atoms with Crippen molar-refractivity contribution in [3.05, 3.63) is 53.3 Å². The summed E-state index contributed by atoms with van der Waals surface area (Å²) in [5, 5.41) is 13.0. The number of anilines is 2. The van der Waals surface area contributed by atoms with Crippen molar-refractivity contribution < 1.29 is 23.8 Å². The van der Waals surface area contributed by atoms with Gasteiger partial charge in [0.25, 0.3) is 5.91 Å². The predicted octanol–water partition coefficient (Wildman–Crippen LogP) is 4.99. The zero-order chi connectivity index (χ0) is 22.5. The maximum absolute atomic E-state index is 14.4. The zero-order valence-corrected chi connectivity index (χ0v) is 18.4.